The third-order valence-electron chi connectivity index (χ3n) is 3.21. The van der Waals surface area contributed by atoms with Crippen molar-refractivity contribution in [2.24, 2.45) is 0 Å². The third kappa shape index (κ3) is 2.66. The van der Waals surface area contributed by atoms with Gasteiger partial charge in [0.15, 0.2) is 0 Å². The first-order chi connectivity index (χ1) is 10.2. The maximum absolute atomic E-state index is 9.54. The van der Waals surface area contributed by atoms with Gasteiger partial charge in [0.2, 0.25) is 0 Å². The van der Waals surface area contributed by atoms with E-state index in [4.69, 9.17) is 16.7 Å². The lowest BCUT2D eigenvalue weighted by atomic mass is 10.0. The van der Waals surface area contributed by atoms with Crippen LogP contribution in [0.4, 0.5) is 5.82 Å². The molecule has 0 spiro atoms. The number of phenols is 1. The Kier molecular flexibility index (Phi) is 3.68. The number of aromatic amines is 1. The number of aliphatic hydroxyl groups excluding tert-OH is 1. The van der Waals surface area contributed by atoms with Gasteiger partial charge >= 0.3 is 0 Å². The molecule has 0 fully saturated rings. The number of nitrogens with zero attached hydrogens (tertiary/aromatic N) is 1. The Hall–Kier alpha value is -2.24. The molecule has 1 aromatic carbocycles. The first kappa shape index (κ1) is 13.7. The number of rotatable bonds is 4. The fraction of sp³-hybridized carbons (Fsp3) is 0.133. The summed E-state index contributed by atoms with van der Waals surface area (Å²) in [5.41, 5.74) is 2.58. The average Bonchev–Trinajstić information content (AvgIpc) is 2.95. The molecule has 0 saturated heterocycles. The van der Waals surface area contributed by atoms with E-state index in [2.05, 4.69) is 15.3 Å². The lowest BCUT2D eigenvalue weighted by molar-refractivity contribution is 0.311. The molecule has 5 nitrogen and oxygen atoms in total. The number of anilines is 1. The normalized spacial score (nSPS) is 11.0. The number of H-pyrrole nitrogens is 1. The van der Waals surface area contributed by atoms with Crippen molar-refractivity contribution in [3.8, 4) is 16.9 Å². The number of phenolic OH excluding ortho intramolecular Hbond substituents is 1. The summed E-state index contributed by atoms with van der Waals surface area (Å²) in [4.78, 5) is 7.52. The zero-order valence-electron chi connectivity index (χ0n) is 11.1. The molecule has 21 heavy (non-hydrogen) atoms. The minimum absolute atomic E-state index is 0.0326. The van der Waals surface area contributed by atoms with Gasteiger partial charge in [-0.05, 0) is 35.4 Å². The molecule has 0 bridgehead atoms. The van der Waals surface area contributed by atoms with Gasteiger partial charge in [-0.25, -0.2) is 4.98 Å². The van der Waals surface area contributed by atoms with Crippen molar-refractivity contribution in [3.05, 3.63) is 41.6 Å². The molecule has 108 valence electrons. The van der Waals surface area contributed by atoms with Crippen LogP contribution in [-0.4, -0.2) is 33.3 Å². The second kappa shape index (κ2) is 5.63. The van der Waals surface area contributed by atoms with Crippen molar-refractivity contribution >= 4 is 28.5 Å². The molecule has 0 unspecified atom stereocenters. The van der Waals surface area contributed by atoms with Crippen molar-refractivity contribution in [2.45, 2.75) is 0 Å². The number of pyridine rings is 1. The van der Waals surface area contributed by atoms with Gasteiger partial charge < -0.3 is 20.5 Å². The minimum Gasteiger partial charge on any atom is -0.506 e. The molecule has 0 aliphatic carbocycles. The molecule has 6 heteroatoms. The number of hydrogen-bond donors (Lipinski definition) is 4. The third-order valence-corrected chi connectivity index (χ3v) is 3.51. The SMILES string of the molecule is OCCNc1cc(-c2ccc(O)c(Cl)c2)c2cc[nH]c2n1. The van der Waals surface area contributed by atoms with Gasteiger partial charge in [0.1, 0.15) is 17.2 Å². The molecule has 0 radical (unpaired) electrons. The molecule has 3 aromatic rings. The quantitative estimate of drug-likeness (QED) is 0.597. The van der Waals surface area contributed by atoms with Crippen molar-refractivity contribution in [1.29, 1.82) is 0 Å². The number of aliphatic hydroxyl groups is 1. The van der Waals surface area contributed by atoms with Crippen molar-refractivity contribution < 1.29 is 10.2 Å². The zero-order valence-corrected chi connectivity index (χ0v) is 11.9. The predicted molar refractivity (Wildman–Crippen MR) is 83.8 cm³/mol. The molecule has 2 aromatic heterocycles. The molecule has 0 aliphatic rings. The number of fused-ring (bicyclic) bond motifs is 1. The number of aromatic nitrogens is 2. The lowest BCUT2D eigenvalue weighted by Crippen LogP contribution is -2.07. The molecular formula is C15H14ClN3O2. The Morgan fingerprint density at radius 1 is 1.24 bits per heavy atom. The number of nitrogens with one attached hydrogen (secondary N) is 2. The summed E-state index contributed by atoms with van der Waals surface area (Å²) in [7, 11) is 0. The molecule has 2 heterocycles. The second-order valence-corrected chi connectivity index (χ2v) is 5.02. The van der Waals surface area contributed by atoms with Crippen LogP contribution in [0, 0.1) is 0 Å². The summed E-state index contributed by atoms with van der Waals surface area (Å²) >= 11 is 5.99. The van der Waals surface area contributed by atoms with E-state index in [0.717, 1.165) is 22.2 Å². The topological polar surface area (TPSA) is 81.2 Å². The van der Waals surface area contributed by atoms with Crippen LogP contribution in [-0.2, 0) is 0 Å². The van der Waals surface area contributed by atoms with E-state index in [1.807, 2.05) is 18.3 Å². The Morgan fingerprint density at radius 3 is 2.86 bits per heavy atom. The number of hydrogen-bond acceptors (Lipinski definition) is 4. The molecule has 4 N–H and O–H groups in total. The van der Waals surface area contributed by atoms with Crippen LogP contribution in [0.3, 0.4) is 0 Å². The number of halogens is 1. The highest BCUT2D eigenvalue weighted by Gasteiger charge is 2.10. The van der Waals surface area contributed by atoms with Crippen LogP contribution < -0.4 is 5.32 Å². The maximum Gasteiger partial charge on any atom is 0.140 e. The van der Waals surface area contributed by atoms with E-state index in [1.54, 1.807) is 18.2 Å². The summed E-state index contributed by atoms with van der Waals surface area (Å²) in [5, 5.41) is 22.8. The van der Waals surface area contributed by atoms with E-state index < -0.39 is 0 Å². The predicted octanol–water partition coefficient (Wildman–Crippen LogP) is 2.99. The van der Waals surface area contributed by atoms with Gasteiger partial charge in [-0.15, -0.1) is 0 Å². The molecule has 0 aliphatic heterocycles. The van der Waals surface area contributed by atoms with Crippen LogP contribution in [0.2, 0.25) is 5.02 Å². The standard InChI is InChI=1S/C15H14ClN3O2/c16-12-7-9(1-2-13(12)21)11-8-14(17-5-6-20)19-15-10(11)3-4-18-15/h1-4,7-8,20-21H,5-6H2,(H2,17,18,19). The minimum atomic E-state index is 0.0326. The second-order valence-electron chi connectivity index (χ2n) is 4.61. The van der Waals surface area contributed by atoms with E-state index in [-0.39, 0.29) is 12.4 Å². The Labute approximate surface area is 126 Å². The average molecular weight is 304 g/mol. The first-order valence-corrected chi connectivity index (χ1v) is 6.88. The Bertz CT molecular complexity index is 786. The highest BCUT2D eigenvalue weighted by molar-refractivity contribution is 6.32. The lowest BCUT2D eigenvalue weighted by Gasteiger charge is -2.09. The zero-order chi connectivity index (χ0) is 14.8. The van der Waals surface area contributed by atoms with Crippen LogP contribution in [0.25, 0.3) is 22.2 Å². The van der Waals surface area contributed by atoms with E-state index in [0.29, 0.717) is 17.4 Å². The summed E-state index contributed by atoms with van der Waals surface area (Å²) in [6, 6.07) is 8.92. The van der Waals surface area contributed by atoms with Crippen molar-refractivity contribution in [2.75, 3.05) is 18.5 Å². The largest absolute Gasteiger partial charge is 0.506 e. The van der Waals surface area contributed by atoms with E-state index in [1.165, 1.54) is 0 Å². The number of benzene rings is 1. The van der Waals surface area contributed by atoms with Gasteiger partial charge in [0.25, 0.3) is 0 Å². The first-order valence-electron chi connectivity index (χ1n) is 6.51. The summed E-state index contributed by atoms with van der Waals surface area (Å²) in [6.45, 7) is 0.458. The molecule has 0 saturated carbocycles. The van der Waals surface area contributed by atoms with Crippen LogP contribution in [0.1, 0.15) is 0 Å². The monoisotopic (exact) mass is 303 g/mol. The van der Waals surface area contributed by atoms with Crippen LogP contribution in [0.15, 0.2) is 36.5 Å². The molecular weight excluding hydrogens is 290 g/mol. The Balaban J connectivity index is 2.14. The fourth-order valence-corrected chi connectivity index (χ4v) is 2.41. The van der Waals surface area contributed by atoms with Crippen molar-refractivity contribution in [3.63, 3.8) is 0 Å². The van der Waals surface area contributed by atoms with E-state index in [9.17, 15) is 5.11 Å². The van der Waals surface area contributed by atoms with Gasteiger partial charge in [-0.3, -0.25) is 0 Å². The summed E-state index contributed by atoms with van der Waals surface area (Å²) in [6.07, 6.45) is 1.82. The molecule has 3 rings (SSSR count). The number of aromatic hydroxyl groups is 1. The summed E-state index contributed by atoms with van der Waals surface area (Å²) in [5.74, 6) is 0.719. The van der Waals surface area contributed by atoms with Gasteiger partial charge in [-0.1, -0.05) is 17.7 Å². The molecule has 0 amide bonds. The van der Waals surface area contributed by atoms with E-state index >= 15 is 0 Å². The van der Waals surface area contributed by atoms with Crippen LogP contribution in [0.5, 0.6) is 5.75 Å². The highest BCUT2D eigenvalue weighted by atomic mass is 35.5. The van der Waals surface area contributed by atoms with Gasteiger partial charge in [0.05, 0.1) is 11.6 Å². The maximum atomic E-state index is 9.54. The Morgan fingerprint density at radius 2 is 2.10 bits per heavy atom. The van der Waals surface area contributed by atoms with Crippen LogP contribution >= 0.6 is 11.6 Å². The summed E-state index contributed by atoms with van der Waals surface area (Å²) < 4.78 is 0. The fourth-order valence-electron chi connectivity index (χ4n) is 2.23. The smallest absolute Gasteiger partial charge is 0.140 e. The highest BCUT2D eigenvalue weighted by Crippen LogP contribution is 2.34. The van der Waals surface area contributed by atoms with Crippen molar-refractivity contribution in [1.82, 2.24) is 9.97 Å². The van der Waals surface area contributed by atoms with Gasteiger partial charge in [-0.2, -0.15) is 0 Å². The molecule has 0 atom stereocenters. The van der Waals surface area contributed by atoms with Gasteiger partial charge in [0, 0.05) is 18.1 Å².